The van der Waals surface area contributed by atoms with Crippen LogP contribution in [0.3, 0.4) is 0 Å². The van der Waals surface area contributed by atoms with Gasteiger partial charge < -0.3 is 35.4 Å². The van der Waals surface area contributed by atoms with Gasteiger partial charge in [-0.15, -0.1) is 17.8 Å². The molecule has 5 saturated heterocycles. The summed E-state index contributed by atoms with van der Waals surface area (Å²) < 4.78 is 6.03. The summed E-state index contributed by atoms with van der Waals surface area (Å²) in [7, 11) is 0. The number of nitrogens with zero attached hydrogens (tertiary/aromatic N) is 5. The van der Waals surface area contributed by atoms with Crippen molar-refractivity contribution in [1.82, 2.24) is 24.5 Å². The van der Waals surface area contributed by atoms with Crippen LogP contribution in [0.5, 0.6) is 0 Å². The highest BCUT2D eigenvalue weighted by molar-refractivity contribution is 7.10. The molecule has 1 aromatic heterocycles. The molecule has 0 radical (unpaired) electrons. The highest BCUT2D eigenvalue weighted by atomic mass is 35.5. The Morgan fingerprint density at radius 1 is 1.06 bits per heavy atom. The fraction of sp³-hybridized carbons (Fsp3) is 0.559. The minimum Gasteiger partial charge on any atom is -0.436 e. The molecule has 13 heteroatoms. The van der Waals surface area contributed by atoms with Crippen molar-refractivity contribution in [2.75, 3.05) is 70.0 Å². The summed E-state index contributed by atoms with van der Waals surface area (Å²) in [5, 5.41) is 5.26. The molecule has 0 saturated carbocycles. The number of piperazine rings is 1. The Morgan fingerprint density at radius 2 is 1.81 bits per heavy atom. The van der Waals surface area contributed by atoms with Gasteiger partial charge >= 0.3 is 12.1 Å². The summed E-state index contributed by atoms with van der Waals surface area (Å²) in [6.07, 6.45) is 7.99. The van der Waals surface area contributed by atoms with Crippen LogP contribution in [-0.4, -0.2) is 120 Å². The summed E-state index contributed by atoms with van der Waals surface area (Å²) >= 11 is 8.02. The first-order valence-electron chi connectivity index (χ1n) is 16.7. The number of nitrogens with two attached hydrogens (primary N) is 1. The van der Waals surface area contributed by atoms with Gasteiger partial charge in [0.2, 0.25) is 0 Å². The van der Waals surface area contributed by atoms with E-state index >= 15 is 0 Å². The molecule has 6 aliphatic rings. The second-order valence-corrected chi connectivity index (χ2v) is 14.8. The van der Waals surface area contributed by atoms with E-state index in [2.05, 4.69) is 21.0 Å². The van der Waals surface area contributed by atoms with E-state index in [1.54, 1.807) is 28.4 Å². The van der Waals surface area contributed by atoms with E-state index in [4.69, 9.17) is 28.5 Å². The number of nitrogens with one attached hydrogen (secondary N) is 1. The van der Waals surface area contributed by atoms with Gasteiger partial charge in [0.15, 0.2) is 6.10 Å². The molecular formula is C34H42ClN7O4S. The van der Waals surface area contributed by atoms with Gasteiger partial charge in [-0.1, -0.05) is 17.5 Å². The fourth-order valence-electron chi connectivity index (χ4n) is 7.97. The first kappa shape index (κ1) is 32.1. The van der Waals surface area contributed by atoms with Crippen molar-refractivity contribution in [2.24, 2.45) is 5.92 Å². The summed E-state index contributed by atoms with van der Waals surface area (Å²) in [4.78, 5) is 52.0. The number of hydrogen-bond donors (Lipinski definition) is 2. The van der Waals surface area contributed by atoms with Crippen molar-refractivity contribution in [3.8, 4) is 12.3 Å². The van der Waals surface area contributed by atoms with E-state index in [0.717, 1.165) is 36.1 Å². The molecule has 8 rings (SSSR count). The lowest BCUT2D eigenvalue weighted by atomic mass is 9.83. The zero-order chi connectivity index (χ0) is 32.7. The lowest BCUT2D eigenvalue weighted by Gasteiger charge is -2.51. The number of piperidine rings is 4. The summed E-state index contributed by atoms with van der Waals surface area (Å²) in [6, 6.07) is 5.80. The van der Waals surface area contributed by atoms with Gasteiger partial charge in [0.1, 0.15) is 0 Å². The molecule has 3 N–H and O–H groups in total. The molecule has 11 nitrogen and oxygen atoms in total. The molecule has 250 valence electrons. The summed E-state index contributed by atoms with van der Waals surface area (Å²) in [5.74, 6) is 3.08. The number of urea groups is 1. The standard InChI is InChI=1S/C34H42ClN7O4S/c1-2-23-17-22(18-26(35)31(23)36)19-29(32(43)40-14-12-39(13-15-40)28-20-38-8-3-24(28)4-9-38)46-34(45)41-10-5-25(6-11-41)42-21-30-27(7-16-47-30)37-33(42)44/h1,7,16-18,24-25,28-29H,3-6,8-15,19-21,36H2,(H,37,44)/t28?,29-/m1/s1. The maximum Gasteiger partial charge on any atom is 0.410 e. The predicted octanol–water partition coefficient (Wildman–Crippen LogP) is 3.76. The van der Waals surface area contributed by atoms with E-state index in [9.17, 15) is 14.4 Å². The summed E-state index contributed by atoms with van der Waals surface area (Å²) in [6.45, 7) is 7.73. The number of hydrogen-bond acceptors (Lipinski definition) is 8. The van der Waals surface area contributed by atoms with E-state index in [1.165, 1.54) is 25.9 Å². The number of ether oxygens (including phenoxy) is 1. The Hall–Kier alpha value is -3.50. The Morgan fingerprint density at radius 3 is 2.49 bits per heavy atom. The number of amides is 4. The molecule has 1 aromatic carbocycles. The molecule has 5 fully saturated rings. The van der Waals surface area contributed by atoms with Crippen molar-refractivity contribution >= 4 is 52.3 Å². The molecule has 0 aliphatic carbocycles. The Balaban J connectivity index is 1.01. The third-order valence-corrected chi connectivity index (χ3v) is 11.9. The van der Waals surface area contributed by atoms with Crippen molar-refractivity contribution in [3.63, 3.8) is 0 Å². The number of nitrogen functional groups attached to an aromatic ring is 1. The number of thiophene rings is 1. The van der Waals surface area contributed by atoms with Gasteiger partial charge in [0.05, 0.1) is 22.9 Å². The average Bonchev–Trinajstić information content (AvgIpc) is 3.56. The first-order chi connectivity index (χ1) is 22.8. The van der Waals surface area contributed by atoms with Gasteiger partial charge in [-0.25, -0.2) is 9.59 Å². The molecule has 2 bridgehead atoms. The molecule has 4 amide bonds. The van der Waals surface area contributed by atoms with Crippen molar-refractivity contribution < 1.29 is 19.1 Å². The second kappa shape index (κ2) is 13.5. The van der Waals surface area contributed by atoms with Crippen LogP contribution < -0.4 is 11.1 Å². The zero-order valence-electron chi connectivity index (χ0n) is 26.5. The maximum atomic E-state index is 14.1. The zero-order valence-corrected chi connectivity index (χ0v) is 28.1. The number of terminal acetylenes is 1. The van der Waals surface area contributed by atoms with E-state index in [-0.39, 0.29) is 24.4 Å². The average molecular weight is 680 g/mol. The molecule has 2 atom stereocenters. The Kier molecular flexibility index (Phi) is 9.24. The van der Waals surface area contributed by atoms with Crippen molar-refractivity contribution in [2.45, 2.75) is 56.8 Å². The number of carbonyl (C=O) groups excluding carboxylic acids is 3. The molecule has 6 aliphatic heterocycles. The topological polar surface area (TPSA) is 115 Å². The van der Waals surface area contributed by atoms with Gasteiger partial charge in [-0.2, -0.15) is 0 Å². The quantitative estimate of drug-likeness (QED) is 0.353. The minimum atomic E-state index is -1.04. The van der Waals surface area contributed by atoms with Crippen molar-refractivity contribution in [3.05, 3.63) is 44.6 Å². The Labute approximate surface area is 284 Å². The molecular weight excluding hydrogens is 638 g/mol. The van der Waals surface area contributed by atoms with Gasteiger partial charge in [0.25, 0.3) is 5.91 Å². The predicted molar refractivity (Wildman–Crippen MR) is 182 cm³/mol. The second-order valence-electron chi connectivity index (χ2n) is 13.4. The van der Waals surface area contributed by atoms with E-state index < -0.39 is 12.2 Å². The number of benzene rings is 1. The van der Waals surface area contributed by atoms with Crippen LogP contribution in [0.15, 0.2) is 23.6 Å². The molecule has 2 aromatic rings. The van der Waals surface area contributed by atoms with Gasteiger partial charge in [-0.05, 0) is 73.8 Å². The SMILES string of the molecule is C#Cc1cc(C[C@@H](OC(=O)N2CCC(N3Cc4sccc4NC3=O)CC2)C(=O)N2CCN(C3CN4CCC3CC4)CC2)cc(Cl)c1N. The molecule has 47 heavy (non-hydrogen) atoms. The number of rotatable bonds is 6. The van der Waals surface area contributed by atoms with Crippen molar-refractivity contribution in [1.29, 1.82) is 0 Å². The fourth-order valence-corrected chi connectivity index (χ4v) is 9.04. The Bertz CT molecular complexity index is 1550. The lowest BCUT2D eigenvalue weighted by Crippen LogP contribution is -2.62. The van der Waals surface area contributed by atoms with Gasteiger partial charge in [0, 0.05) is 74.8 Å². The number of likely N-dealkylation sites (tertiary alicyclic amines) is 1. The van der Waals surface area contributed by atoms with Crippen LogP contribution >= 0.6 is 22.9 Å². The van der Waals surface area contributed by atoms with Crippen LogP contribution in [0.25, 0.3) is 0 Å². The number of fused-ring (bicyclic) bond motifs is 4. The van der Waals surface area contributed by atoms with Crippen LogP contribution in [0.1, 0.15) is 41.7 Å². The first-order valence-corrected chi connectivity index (χ1v) is 17.9. The van der Waals surface area contributed by atoms with E-state index in [0.29, 0.717) is 73.4 Å². The van der Waals surface area contributed by atoms with Crippen LogP contribution in [-0.2, 0) is 22.5 Å². The normalized spacial score (nSPS) is 25.6. The number of anilines is 2. The number of halogens is 1. The molecule has 1 unspecified atom stereocenters. The van der Waals surface area contributed by atoms with E-state index in [1.807, 2.05) is 21.2 Å². The highest BCUT2D eigenvalue weighted by Gasteiger charge is 2.40. The largest absolute Gasteiger partial charge is 0.436 e. The highest BCUT2D eigenvalue weighted by Crippen LogP contribution is 2.33. The molecule has 7 heterocycles. The third kappa shape index (κ3) is 6.64. The van der Waals surface area contributed by atoms with Gasteiger partial charge in [-0.3, -0.25) is 9.69 Å². The minimum absolute atomic E-state index is 0.0123. The maximum absolute atomic E-state index is 14.1. The smallest absolute Gasteiger partial charge is 0.410 e. The number of carbonyl (C=O) groups is 3. The van der Waals surface area contributed by atoms with Crippen LogP contribution in [0.2, 0.25) is 5.02 Å². The third-order valence-electron chi connectivity index (χ3n) is 10.7. The molecule has 0 spiro atoms. The van der Waals surface area contributed by atoms with Crippen LogP contribution in [0.4, 0.5) is 21.0 Å². The van der Waals surface area contributed by atoms with Crippen LogP contribution in [0, 0.1) is 18.3 Å². The summed E-state index contributed by atoms with van der Waals surface area (Å²) in [5.41, 5.74) is 8.36. The lowest BCUT2D eigenvalue weighted by molar-refractivity contribution is -0.143. The monoisotopic (exact) mass is 679 g/mol.